The highest BCUT2D eigenvalue weighted by molar-refractivity contribution is 7.99. The largest absolute Gasteiger partial charge is 0.475 e. The molecule has 0 bridgehead atoms. The normalized spacial score (nSPS) is 11.4. The first-order chi connectivity index (χ1) is 13.4. The number of carbonyl (C=O) groups is 1. The van der Waals surface area contributed by atoms with E-state index in [1.165, 1.54) is 4.57 Å². The molecule has 9 heteroatoms. The van der Waals surface area contributed by atoms with Crippen LogP contribution in [-0.4, -0.2) is 32.3 Å². The van der Waals surface area contributed by atoms with Gasteiger partial charge in [0.1, 0.15) is 6.54 Å². The Kier molecular flexibility index (Phi) is 6.45. The SMILES string of the molecule is CC(C)Oc1ccc(CNC(=O)Cn2c(SC(F)F)nc3ccccc32)cn1. The van der Waals surface area contributed by atoms with Crippen LogP contribution < -0.4 is 10.1 Å². The predicted octanol–water partition coefficient (Wildman–Crippen LogP) is 3.85. The van der Waals surface area contributed by atoms with E-state index in [4.69, 9.17) is 4.74 Å². The number of benzene rings is 1. The average Bonchev–Trinajstić information content (AvgIpc) is 2.97. The smallest absolute Gasteiger partial charge is 0.291 e. The second kappa shape index (κ2) is 9.01. The zero-order chi connectivity index (χ0) is 20.1. The molecule has 0 atom stereocenters. The van der Waals surface area contributed by atoms with Crippen LogP contribution in [0.4, 0.5) is 8.78 Å². The molecule has 0 radical (unpaired) electrons. The van der Waals surface area contributed by atoms with E-state index in [-0.39, 0.29) is 30.3 Å². The summed E-state index contributed by atoms with van der Waals surface area (Å²) in [5.74, 6) is -2.40. The van der Waals surface area contributed by atoms with Gasteiger partial charge in [-0.2, -0.15) is 8.78 Å². The Morgan fingerprint density at radius 3 is 2.71 bits per heavy atom. The number of alkyl halides is 2. The highest BCUT2D eigenvalue weighted by Gasteiger charge is 2.17. The molecule has 6 nitrogen and oxygen atoms in total. The third kappa shape index (κ3) is 5.19. The zero-order valence-corrected chi connectivity index (χ0v) is 16.2. The van der Waals surface area contributed by atoms with Gasteiger partial charge in [-0.3, -0.25) is 4.79 Å². The van der Waals surface area contributed by atoms with Crippen molar-refractivity contribution in [2.75, 3.05) is 0 Å². The number of fused-ring (bicyclic) bond motifs is 1. The summed E-state index contributed by atoms with van der Waals surface area (Å²) in [6.45, 7) is 4.00. The summed E-state index contributed by atoms with van der Waals surface area (Å²) in [6.07, 6.45) is 1.66. The van der Waals surface area contributed by atoms with Crippen molar-refractivity contribution in [1.82, 2.24) is 19.9 Å². The summed E-state index contributed by atoms with van der Waals surface area (Å²) in [5.41, 5.74) is 2.02. The number of carbonyl (C=O) groups excluding carboxylic acids is 1. The Bertz CT molecular complexity index is 945. The zero-order valence-electron chi connectivity index (χ0n) is 15.4. The maximum Gasteiger partial charge on any atom is 0.291 e. The van der Waals surface area contributed by atoms with Crippen LogP contribution in [0.25, 0.3) is 11.0 Å². The summed E-state index contributed by atoms with van der Waals surface area (Å²) in [5, 5.41) is 2.89. The fourth-order valence-corrected chi connectivity index (χ4v) is 3.20. The van der Waals surface area contributed by atoms with Crippen molar-refractivity contribution in [3.8, 4) is 5.88 Å². The highest BCUT2D eigenvalue weighted by atomic mass is 32.2. The molecular weight excluding hydrogens is 386 g/mol. The number of nitrogens with zero attached hydrogens (tertiary/aromatic N) is 3. The van der Waals surface area contributed by atoms with Crippen LogP contribution in [0.1, 0.15) is 19.4 Å². The topological polar surface area (TPSA) is 69.0 Å². The van der Waals surface area contributed by atoms with Crippen LogP contribution >= 0.6 is 11.8 Å². The van der Waals surface area contributed by atoms with Gasteiger partial charge in [-0.15, -0.1) is 0 Å². The average molecular weight is 406 g/mol. The second-order valence-electron chi connectivity index (χ2n) is 6.30. The van der Waals surface area contributed by atoms with Crippen molar-refractivity contribution in [2.24, 2.45) is 0 Å². The third-order valence-electron chi connectivity index (χ3n) is 3.76. The number of ether oxygens (including phenoxy) is 1. The lowest BCUT2D eigenvalue weighted by Gasteiger charge is -2.11. The molecule has 3 rings (SSSR count). The predicted molar refractivity (Wildman–Crippen MR) is 103 cm³/mol. The van der Waals surface area contributed by atoms with Crippen LogP contribution in [0.3, 0.4) is 0 Å². The molecule has 0 spiro atoms. The van der Waals surface area contributed by atoms with E-state index in [1.54, 1.807) is 36.5 Å². The van der Waals surface area contributed by atoms with Gasteiger partial charge in [-0.25, -0.2) is 9.97 Å². The van der Waals surface area contributed by atoms with Crippen molar-refractivity contribution >= 4 is 28.7 Å². The number of amides is 1. The molecule has 3 aromatic rings. The first kappa shape index (κ1) is 20.1. The Balaban J connectivity index is 1.66. The lowest BCUT2D eigenvalue weighted by molar-refractivity contribution is -0.121. The van der Waals surface area contributed by atoms with Crippen molar-refractivity contribution < 1.29 is 18.3 Å². The lowest BCUT2D eigenvalue weighted by atomic mass is 10.3. The van der Waals surface area contributed by atoms with Gasteiger partial charge in [-0.1, -0.05) is 18.2 Å². The minimum Gasteiger partial charge on any atom is -0.475 e. The van der Waals surface area contributed by atoms with Gasteiger partial charge < -0.3 is 14.6 Å². The van der Waals surface area contributed by atoms with Gasteiger partial charge in [0.25, 0.3) is 5.76 Å². The molecule has 0 aliphatic carbocycles. The Morgan fingerprint density at radius 2 is 2.04 bits per heavy atom. The minimum atomic E-state index is -2.61. The number of rotatable bonds is 8. The fourth-order valence-electron chi connectivity index (χ4n) is 2.60. The molecule has 2 heterocycles. The number of thioether (sulfide) groups is 1. The maximum atomic E-state index is 12.8. The van der Waals surface area contributed by atoms with E-state index in [0.717, 1.165) is 5.56 Å². The first-order valence-corrected chi connectivity index (χ1v) is 9.58. The molecule has 2 aromatic heterocycles. The molecule has 148 valence electrons. The number of imidazole rings is 1. The highest BCUT2D eigenvalue weighted by Crippen LogP contribution is 2.28. The van der Waals surface area contributed by atoms with Crippen molar-refractivity contribution in [1.29, 1.82) is 0 Å². The molecular formula is C19H20F2N4O2S. The number of halogens is 2. The number of para-hydroxylation sites is 2. The first-order valence-electron chi connectivity index (χ1n) is 8.70. The van der Waals surface area contributed by atoms with E-state index < -0.39 is 5.76 Å². The number of pyridine rings is 1. The van der Waals surface area contributed by atoms with E-state index in [9.17, 15) is 13.6 Å². The summed E-state index contributed by atoms with van der Waals surface area (Å²) < 4.78 is 32.7. The molecule has 0 saturated heterocycles. The van der Waals surface area contributed by atoms with Gasteiger partial charge >= 0.3 is 0 Å². The molecule has 0 aliphatic rings. The molecule has 0 fully saturated rings. The second-order valence-corrected chi connectivity index (χ2v) is 7.25. The van der Waals surface area contributed by atoms with E-state index in [1.807, 2.05) is 19.9 Å². The summed E-state index contributed by atoms with van der Waals surface area (Å²) in [7, 11) is 0. The Labute approximate surface area is 165 Å². The standard InChI is InChI=1S/C19H20F2N4O2S/c1-12(2)27-17-8-7-13(10-23-17)9-22-16(26)11-25-15-6-4-3-5-14(15)24-19(25)28-18(20)21/h3-8,10,12,18H,9,11H2,1-2H3,(H,22,26). The number of aromatic nitrogens is 3. The molecule has 1 amide bonds. The van der Waals surface area contributed by atoms with E-state index in [2.05, 4.69) is 15.3 Å². The lowest BCUT2D eigenvalue weighted by Crippen LogP contribution is -2.27. The van der Waals surface area contributed by atoms with Gasteiger partial charge in [0, 0.05) is 18.8 Å². The van der Waals surface area contributed by atoms with Crippen LogP contribution in [0.2, 0.25) is 0 Å². The molecule has 1 N–H and O–H groups in total. The Morgan fingerprint density at radius 1 is 1.25 bits per heavy atom. The van der Waals surface area contributed by atoms with Gasteiger partial charge in [0.2, 0.25) is 11.8 Å². The number of hydrogen-bond donors (Lipinski definition) is 1. The third-order valence-corrected chi connectivity index (χ3v) is 4.46. The monoisotopic (exact) mass is 406 g/mol. The van der Waals surface area contributed by atoms with Crippen LogP contribution in [0.5, 0.6) is 5.88 Å². The number of nitrogens with one attached hydrogen (secondary N) is 1. The summed E-state index contributed by atoms with van der Waals surface area (Å²) >= 11 is 0.328. The van der Waals surface area contributed by atoms with Crippen molar-refractivity contribution in [3.63, 3.8) is 0 Å². The van der Waals surface area contributed by atoms with Crippen LogP contribution in [0, 0.1) is 0 Å². The molecule has 0 unspecified atom stereocenters. The Hall–Kier alpha value is -2.68. The maximum absolute atomic E-state index is 12.8. The van der Waals surface area contributed by atoms with Crippen LogP contribution in [0.15, 0.2) is 47.8 Å². The van der Waals surface area contributed by atoms with Gasteiger partial charge in [0.15, 0.2) is 5.16 Å². The van der Waals surface area contributed by atoms with Crippen molar-refractivity contribution in [2.45, 2.75) is 44.0 Å². The van der Waals surface area contributed by atoms with Crippen LogP contribution in [-0.2, 0) is 17.9 Å². The minimum absolute atomic E-state index is 0.0309. The quantitative estimate of drug-likeness (QED) is 0.576. The molecule has 1 aromatic carbocycles. The van der Waals surface area contributed by atoms with Crippen molar-refractivity contribution in [3.05, 3.63) is 48.2 Å². The molecule has 0 aliphatic heterocycles. The van der Waals surface area contributed by atoms with E-state index in [0.29, 0.717) is 28.7 Å². The molecule has 0 saturated carbocycles. The fraction of sp³-hybridized carbons (Fsp3) is 0.316. The van der Waals surface area contributed by atoms with E-state index >= 15 is 0 Å². The van der Waals surface area contributed by atoms with Gasteiger partial charge in [0.05, 0.1) is 17.1 Å². The van der Waals surface area contributed by atoms with Gasteiger partial charge in [-0.05, 0) is 43.3 Å². The summed E-state index contributed by atoms with van der Waals surface area (Å²) in [4.78, 5) is 20.8. The number of hydrogen-bond acceptors (Lipinski definition) is 5. The molecule has 28 heavy (non-hydrogen) atoms. The summed E-state index contributed by atoms with van der Waals surface area (Å²) in [6, 6.07) is 10.6.